The lowest BCUT2D eigenvalue weighted by Crippen LogP contribution is -2.16. The Hall–Kier alpha value is -0.540. The standard InChI is InChI=1S/C11H17ClN2S/c1-8(5-6-15-2)14-11-4-3-9(13)7-10(11)12/h3-4,7-8,14H,5-6,13H2,1-2H3. The summed E-state index contributed by atoms with van der Waals surface area (Å²) in [7, 11) is 0. The van der Waals surface area contributed by atoms with E-state index in [4.69, 9.17) is 17.3 Å². The second-order valence-corrected chi connectivity index (χ2v) is 4.96. The Bertz CT molecular complexity index is 317. The third-order valence-electron chi connectivity index (χ3n) is 2.15. The van der Waals surface area contributed by atoms with Gasteiger partial charge in [-0.3, -0.25) is 0 Å². The molecule has 0 heterocycles. The van der Waals surface area contributed by atoms with Crippen molar-refractivity contribution in [1.29, 1.82) is 0 Å². The molecular weight excluding hydrogens is 228 g/mol. The number of hydrogen-bond donors (Lipinski definition) is 2. The van der Waals surface area contributed by atoms with Crippen molar-refractivity contribution in [3.8, 4) is 0 Å². The molecule has 0 fully saturated rings. The molecule has 15 heavy (non-hydrogen) atoms. The van der Waals surface area contributed by atoms with Crippen molar-refractivity contribution in [3.05, 3.63) is 23.2 Å². The van der Waals surface area contributed by atoms with E-state index >= 15 is 0 Å². The Labute approximate surface area is 101 Å². The Balaban J connectivity index is 2.56. The van der Waals surface area contributed by atoms with Gasteiger partial charge in [-0.1, -0.05) is 11.6 Å². The van der Waals surface area contributed by atoms with Crippen LogP contribution in [-0.2, 0) is 0 Å². The van der Waals surface area contributed by atoms with Crippen molar-refractivity contribution in [2.45, 2.75) is 19.4 Å². The van der Waals surface area contributed by atoms with Crippen LogP contribution >= 0.6 is 23.4 Å². The molecule has 2 nitrogen and oxygen atoms in total. The highest BCUT2D eigenvalue weighted by Crippen LogP contribution is 2.25. The van der Waals surface area contributed by atoms with E-state index in [0.29, 0.717) is 16.8 Å². The lowest BCUT2D eigenvalue weighted by atomic mass is 10.2. The summed E-state index contributed by atoms with van der Waals surface area (Å²) in [6, 6.07) is 5.98. The molecule has 1 unspecified atom stereocenters. The Morgan fingerprint density at radius 2 is 2.27 bits per heavy atom. The fraction of sp³-hybridized carbons (Fsp3) is 0.455. The molecule has 0 saturated carbocycles. The minimum absolute atomic E-state index is 0.429. The van der Waals surface area contributed by atoms with Gasteiger partial charge in [0.1, 0.15) is 0 Å². The van der Waals surface area contributed by atoms with Crippen LogP contribution in [0.25, 0.3) is 0 Å². The molecule has 0 amide bonds. The SMILES string of the molecule is CSCCC(C)Nc1ccc(N)cc1Cl. The molecule has 0 aliphatic carbocycles. The van der Waals surface area contributed by atoms with Gasteiger partial charge in [0, 0.05) is 11.7 Å². The van der Waals surface area contributed by atoms with Gasteiger partial charge in [-0.15, -0.1) is 0 Å². The van der Waals surface area contributed by atoms with E-state index in [1.54, 1.807) is 6.07 Å². The minimum Gasteiger partial charge on any atom is -0.399 e. The average molecular weight is 245 g/mol. The summed E-state index contributed by atoms with van der Waals surface area (Å²) < 4.78 is 0. The minimum atomic E-state index is 0.429. The maximum absolute atomic E-state index is 6.06. The third kappa shape index (κ3) is 4.22. The van der Waals surface area contributed by atoms with Gasteiger partial charge in [-0.05, 0) is 43.6 Å². The highest BCUT2D eigenvalue weighted by Gasteiger charge is 2.04. The van der Waals surface area contributed by atoms with Gasteiger partial charge in [-0.25, -0.2) is 0 Å². The third-order valence-corrected chi connectivity index (χ3v) is 3.11. The van der Waals surface area contributed by atoms with E-state index in [0.717, 1.165) is 17.9 Å². The van der Waals surface area contributed by atoms with Gasteiger partial charge in [0.2, 0.25) is 0 Å². The Morgan fingerprint density at radius 3 is 2.87 bits per heavy atom. The van der Waals surface area contributed by atoms with Crippen molar-refractivity contribution in [1.82, 2.24) is 0 Å². The molecule has 0 aliphatic rings. The number of nitrogens with one attached hydrogen (secondary N) is 1. The predicted molar refractivity (Wildman–Crippen MR) is 71.9 cm³/mol. The molecule has 0 bridgehead atoms. The van der Waals surface area contributed by atoms with Crippen molar-refractivity contribution < 1.29 is 0 Å². The van der Waals surface area contributed by atoms with Crippen molar-refractivity contribution >= 4 is 34.7 Å². The highest BCUT2D eigenvalue weighted by molar-refractivity contribution is 7.98. The van der Waals surface area contributed by atoms with Crippen LogP contribution in [-0.4, -0.2) is 18.1 Å². The average Bonchev–Trinajstić information content (AvgIpc) is 2.19. The van der Waals surface area contributed by atoms with Gasteiger partial charge in [-0.2, -0.15) is 11.8 Å². The first-order valence-corrected chi connectivity index (χ1v) is 6.71. The molecule has 1 aromatic rings. The van der Waals surface area contributed by atoms with Gasteiger partial charge in [0.25, 0.3) is 0 Å². The summed E-state index contributed by atoms with van der Waals surface area (Å²) in [6.07, 6.45) is 3.24. The number of rotatable bonds is 5. The summed E-state index contributed by atoms with van der Waals surface area (Å²) in [5, 5.41) is 4.06. The van der Waals surface area contributed by atoms with Gasteiger partial charge in [0.05, 0.1) is 10.7 Å². The van der Waals surface area contributed by atoms with Gasteiger partial charge in [0.15, 0.2) is 0 Å². The summed E-state index contributed by atoms with van der Waals surface area (Å²) in [4.78, 5) is 0. The molecular formula is C11H17ClN2S. The van der Waals surface area contributed by atoms with Crippen LogP contribution in [0.1, 0.15) is 13.3 Å². The van der Waals surface area contributed by atoms with Crippen LogP contribution in [0.5, 0.6) is 0 Å². The summed E-state index contributed by atoms with van der Waals surface area (Å²) in [5.41, 5.74) is 7.28. The first kappa shape index (κ1) is 12.5. The molecule has 0 aliphatic heterocycles. The Morgan fingerprint density at radius 1 is 1.53 bits per heavy atom. The molecule has 0 saturated heterocycles. The van der Waals surface area contributed by atoms with E-state index in [9.17, 15) is 0 Å². The highest BCUT2D eigenvalue weighted by atomic mass is 35.5. The summed E-state index contributed by atoms with van der Waals surface area (Å²) in [6.45, 7) is 2.16. The number of nitrogens with two attached hydrogens (primary N) is 1. The first-order valence-electron chi connectivity index (χ1n) is 4.94. The van der Waals surface area contributed by atoms with Crippen LogP contribution in [0.2, 0.25) is 5.02 Å². The lowest BCUT2D eigenvalue weighted by Gasteiger charge is -2.15. The maximum atomic E-state index is 6.06. The second kappa shape index (κ2) is 6.13. The molecule has 1 atom stereocenters. The zero-order valence-corrected chi connectivity index (χ0v) is 10.7. The predicted octanol–water partition coefficient (Wildman–Crippen LogP) is 3.48. The van der Waals surface area contributed by atoms with Gasteiger partial charge >= 0.3 is 0 Å². The second-order valence-electron chi connectivity index (χ2n) is 3.57. The smallest absolute Gasteiger partial charge is 0.0658 e. The van der Waals surface area contributed by atoms with Crippen LogP contribution in [0.4, 0.5) is 11.4 Å². The Kier molecular flexibility index (Phi) is 5.12. The van der Waals surface area contributed by atoms with Crippen molar-refractivity contribution in [3.63, 3.8) is 0 Å². The fourth-order valence-electron chi connectivity index (χ4n) is 1.28. The van der Waals surface area contributed by atoms with Crippen LogP contribution < -0.4 is 11.1 Å². The van der Waals surface area contributed by atoms with E-state index in [-0.39, 0.29) is 0 Å². The number of nitrogen functional groups attached to an aromatic ring is 1. The summed E-state index contributed by atoms with van der Waals surface area (Å²) in [5.74, 6) is 1.15. The monoisotopic (exact) mass is 244 g/mol. The summed E-state index contributed by atoms with van der Waals surface area (Å²) >= 11 is 7.91. The molecule has 0 radical (unpaired) electrons. The van der Waals surface area contributed by atoms with E-state index in [1.807, 2.05) is 23.9 Å². The molecule has 3 N–H and O–H groups in total. The maximum Gasteiger partial charge on any atom is 0.0658 e. The molecule has 1 rings (SSSR count). The number of halogens is 1. The van der Waals surface area contributed by atoms with Gasteiger partial charge < -0.3 is 11.1 Å². The van der Waals surface area contributed by atoms with Crippen LogP contribution in [0, 0.1) is 0 Å². The number of thioether (sulfide) groups is 1. The largest absolute Gasteiger partial charge is 0.399 e. The van der Waals surface area contributed by atoms with Crippen molar-refractivity contribution in [2.75, 3.05) is 23.1 Å². The molecule has 4 heteroatoms. The molecule has 0 spiro atoms. The molecule has 84 valence electrons. The fourth-order valence-corrected chi connectivity index (χ4v) is 2.11. The van der Waals surface area contributed by atoms with Crippen LogP contribution in [0.3, 0.4) is 0 Å². The number of anilines is 2. The zero-order chi connectivity index (χ0) is 11.3. The van der Waals surface area contributed by atoms with Crippen molar-refractivity contribution in [2.24, 2.45) is 0 Å². The quantitative estimate of drug-likeness (QED) is 0.779. The lowest BCUT2D eigenvalue weighted by molar-refractivity contribution is 0.772. The first-order chi connectivity index (χ1) is 7.13. The molecule has 1 aromatic carbocycles. The topological polar surface area (TPSA) is 38.0 Å². The van der Waals surface area contributed by atoms with E-state index in [1.165, 1.54) is 0 Å². The molecule has 0 aromatic heterocycles. The normalized spacial score (nSPS) is 12.5. The van der Waals surface area contributed by atoms with E-state index < -0.39 is 0 Å². The zero-order valence-electron chi connectivity index (χ0n) is 9.09. The number of benzene rings is 1. The van der Waals surface area contributed by atoms with E-state index in [2.05, 4.69) is 18.5 Å². The van der Waals surface area contributed by atoms with Crippen LogP contribution in [0.15, 0.2) is 18.2 Å². The number of hydrogen-bond acceptors (Lipinski definition) is 3.